The first-order chi connectivity index (χ1) is 7.29. The van der Waals surface area contributed by atoms with E-state index in [-0.39, 0.29) is 5.78 Å². The number of hydrogen-bond acceptors (Lipinski definition) is 3. The lowest BCUT2D eigenvalue weighted by Gasteiger charge is -2.11. The number of ketones is 1. The summed E-state index contributed by atoms with van der Waals surface area (Å²) >= 11 is 0. The molecule has 1 aromatic rings. The van der Waals surface area contributed by atoms with E-state index in [1.807, 2.05) is 30.3 Å². The van der Waals surface area contributed by atoms with E-state index in [1.165, 1.54) is 0 Å². The second-order valence-electron chi connectivity index (χ2n) is 3.46. The monoisotopic (exact) mass is 203 g/mol. The van der Waals surface area contributed by atoms with Gasteiger partial charge >= 0.3 is 0 Å². The van der Waals surface area contributed by atoms with Crippen molar-refractivity contribution < 1.29 is 9.53 Å². The summed E-state index contributed by atoms with van der Waals surface area (Å²) in [6.45, 7) is 0.586. The zero-order chi connectivity index (χ0) is 10.7. The van der Waals surface area contributed by atoms with Crippen LogP contribution in [0.25, 0.3) is 0 Å². The van der Waals surface area contributed by atoms with Crippen molar-refractivity contribution in [2.45, 2.75) is 12.5 Å². The predicted molar refractivity (Wildman–Crippen MR) is 57.0 cm³/mol. The van der Waals surface area contributed by atoms with Crippen molar-refractivity contribution in [3.05, 3.63) is 47.7 Å². The van der Waals surface area contributed by atoms with Gasteiger partial charge in [-0.3, -0.25) is 4.79 Å². The topological polar surface area (TPSA) is 52.3 Å². The number of hydrogen-bond donors (Lipinski definition) is 1. The third-order valence-electron chi connectivity index (χ3n) is 2.39. The first-order valence-corrected chi connectivity index (χ1v) is 4.97. The summed E-state index contributed by atoms with van der Waals surface area (Å²) in [4.78, 5) is 11.8. The molecule has 15 heavy (non-hydrogen) atoms. The Balaban J connectivity index is 2.14. The Morgan fingerprint density at radius 1 is 1.33 bits per heavy atom. The van der Waals surface area contributed by atoms with Crippen LogP contribution in [0.5, 0.6) is 0 Å². The summed E-state index contributed by atoms with van der Waals surface area (Å²) in [6, 6.07) is 8.71. The predicted octanol–water partition coefficient (Wildman–Crippen LogP) is 1.56. The maximum absolute atomic E-state index is 11.8. The number of benzene rings is 1. The van der Waals surface area contributed by atoms with Crippen molar-refractivity contribution in [1.82, 2.24) is 0 Å². The molecule has 0 saturated heterocycles. The average Bonchev–Trinajstić information content (AvgIpc) is 2.82. The van der Waals surface area contributed by atoms with Crippen LogP contribution in [-0.4, -0.2) is 12.4 Å². The van der Waals surface area contributed by atoms with E-state index in [4.69, 9.17) is 10.5 Å². The normalized spacial score (nSPS) is 16.7. The van der Waals surface area contributed by atoms with Crippen molar-refractivity contribution in [3.63, 3.8) is 0 Å². The fraction of sp³-hybridized carbons (Fsp3) is 0.250. The molecular weight excluding hydrogens is 190 g/mol. The minimum Gasteiger partial charge on any atom is -0.490 e. The molecule has 0 amide bonds. The van der Waals surface area contributed by atoms with E-state index in [1.54, 1.807) is 6.08 Å². The average molecular weight is 203 g/mol. The molecule has 3 nitrogen and oxygen atoms in total. The van der Waals surface area contributed by atoms with Gasteiger partial charge in [-0.2, -0.15) is 0 Å². The van der Waals surface area contributed by atoms with Gasteiger partial charge in [0.05, 0.1) is 12.6 Å². The molecule has 1 aliphatic rings. The second-order valence-corrected chi connectivity index (χ2v) is 3.46. The standard InChI is InChI=1S/C12H13NO2/c13-11(9-5-2-1-3-6-9)12(14)10-7-4-8-15-10/h1-3,5-7,11H,4,8,13H2/t11-/m1/s1. The van der Waals surface area contributed by atoms with E-state index >= 15 is 0 Å². The van der Waals surface area contributed by atoms with Crippen LogP contribution in [0.1, 0.15) is 18.0 Å². The van der Waals surface area contributed by atoms with Crippen LogP contribution in [0.4, 0.5) is 0 Å². The third-order valence-corrected chi connectivity index (χ3v) is 2.39. The molecule has 0 saturated carbocycles. The maximum atomic E-state index is 11.8. The summed E-state index contributed by atoms with van der Waals surface area (Å²) in [5.41, 5.74) is 6.67. The Morgan fingerprint density at radius 3 is 2.67 bits per heavy atom. The SMILES string of the molecule is N[C@@H](C(=O)C1=CCCO1)c1ccccc1. The van der Waals surface area contributed by atoms with Gasteiger partial charge in [-0.05, 0) is 11.6 Å². The van der Waals surface area contributed by atoms with Crippen LogP contribution >= 0.6 is 0 Å². The summed E-state index contributed by atoms with van der Waals surface area (Å²) < 4.78 is 5.19. The summed E-state index contributed by atoms with van der Waals surface area (Å²) in [6.07, 6.45) is 2.59. The van der Waals surface area contributed by atoms with Crippen molar-refractivity contribution in [1.29, 1.82) is 0 Å². The lowest BCUT2D eigenvalue weighted by atomic mass is 10.0. The van der Waals surface area contributed by atoms with E-state index < -0.39 is 6.04 Å². The van der Waals surface area contributed by atoms with Crippen LogP contribution in [0.2, 0.25) is 0 Å². The Kier molecular flexibility index (Phi) is 2.83. The highest BCUT2D eigenvalue weighted by molar-refractivity contribution is 5.98. The van der Waals surface area contributed by atoms with E-state index in [0.29, 0.717) is 12.4 Å². The number of Topliss-reactive ketones (excluding diaryl/α,β-unsaturated/α-hetero) is 1. The molecule has 0 unspecified atom stereocenters. The molecule has 1 heterocycles. The van der Waals surface area contributed by atoms with E-state index in [9.17, 15) is 4.79 Å². The first-order valence-electron chi connectivity index (χ1n) is 4.97. The quantitative estimate of drug-likeness (QED) is 0.811. The van der Waals surface area contributed by atoms with Gasteiger partial charge in [-0.25, -0.2) is 0 Å². The number of carbonyl (C=O) groups is 1. The molecule has 0 spiro atoms. The van der Waals surface area contributed by atoms with Gasteiger partial charge in [0, 0.05) is 6.42 Å². The fourth-order valence-electron chi connectivity index (χ4n) is 1.55. The van der Waals surface area contributed by atoms with E-state index in [0.717, 1.165) is 12.0 Å². The van der Waals surface area contributed by atoms with Crippen LogP contribution in [-0.2, 0) is 9.53 Å². The molecule has 0 radical (unpaired) electrons. The van der Waals surface area contributed by atoms with Crippen molar-refractivity contribution in [2.24, 2.45) is 5.73 Å². The van der Waals surface area contributed by atoms with Gasteiger partial charge in [-0.1, -0.05) is 30.3 Å². The van der Waals surface area contributed by atoms with Gasteiger partial charge in [0.2, 0.25) is 5.78 Å². The molecule has 0 bridgehead atoms. The number of ether oxygens (including phenoxy) is 1. The molecule has 0 aromatic heterocycles. The van der Waals surface area contributed by atoms with Gasteiger partial charge in [0.25, 0.3) is 0 Å². The van der Waals surface area contributed by atoms with E-state index in [2.05, 4.69) is 0 Å². The van der Waals surface area contributed by atoms with Crippen LogP contribution < -0.4 is 5.73 Å². The molecule has 1 atom stereocenters. The molecule has 78 valence electrons. The summed E-state index contributed by atoms with van der Waals surface area (Å²) in [7, 11) is 0. The molecule has 1 aliphatic heterocycles. The van der Waals surface area contributed by atoms with Gasteiger partial charge in [0.15, 0.2) is 5.76 Å². The Morgan fingerprint density at radius 2 is 2.07 bits per heavy atom. The lowest BCUT2D eigenvalue weighted by Crippen LogP contribution is -2.23. The Bertz CT molecular complexity index is 384. The largest absolute Gasteiger partial charge is 0.490 e. The minimum atomic E-state index is -0.615. The first kappa shape index (κ1) is 9.93. The highest BCUT2D eigenvalue weighted by Crippen LogP contribution is 2.19. The smallest absolute Gasteiger partial charge is 0.218 e. The zero-order valence-corrected chi connectivity index (χ0v) is 8.35. The summed E-state index contributed by atoms with van der Waals surface area (Å²) in [5, 5.41) is 0. The number of nitrogens with two attached hydrogens (primary N) is 1. The summed E-state index contributed by atoms with van der Waals surface area (Å²) in [5.74, 6) is 0.269. The maximum Gasteiger partial charge on any atom is 0.218 e. The van der Waals surface area contributed by atoms with Crippen molar-refractivity contribution >= 4 is 5.78 Å². The molecule has 1 aromatic carbocycles. The molecule has 0 fully saturated rings. The van der Waals surface area contributed by atoms with Crippen molar-refractivity contribution in [3.8, 4) is 0 Å². The second kappa shape index (κ2) is 4.28. The lowest BCUT2D eigenvalue weighted by molar-refractivity contribution is -0.119. The van der Waals surface area contributed by atoms with Crippen LogP contribution in [0.15, 0.2) is 42.2 Å². The third kappa shape index (κ3) is 2.07. The van der Waals surface area contributed by atoms with Crippen LogP contribution in [0, 0.1) is 0 Å². The molecule has 3 heteroatoms. The minimum absolute atomic E-state index is 0.140. The fourth-order valence-corrected chi connectivity index (χ4v) is 1.55. The van der Waals surface area contributed by atoms with Gasteiger partial charge < -0.3 is 10.5 Å². The highest BCUT2D eigenvalue weighted by Gasteiger charge is 2.22. The van der Waals surface area contributed by atoms with Gasteiger partial charge in [0.1, 0.15) is 0 Å². The Labute approximate surface area is 88.5 Å². The molecule has 2 rings (SSSR count). The molecular formula is C12H13NO2. The Hall–Kier alpha value is -1.61. The van der Waals surface area contributed by atoms with Gasteiger partial charge in [-0.15, -0.1) is 0 Å². The highest BCUT2D eigenvalue weighted by atomic mass is 16.5. The van der Waals surface area contributed by atoms with Crippen LogP contribution in [0.3, 0.4) is 0 Å². The number of carbonyl (C=O) groups excluding carboxylic acids is 1. The molecule has 2 N–H and O–H groups in total. The molecule has 0 aliphatic carbocycles. The van der Waals surface area contributed by atoms with Crippen molar-refractivity contribution in [2.75, 3.05) is 6.61 Å². The zero-order valence-electron chi connectivity index (χ0n) is 8.35. The number of rotatable bonds is 3.